The van der Waals surface area contributed by atoms with E-state index >= 15 is 0 Å². The molecule has 0 saturated heterocycles. The Bertz CT molecular complexity index is 1840. The van der Waals surface area contributed by atoms with Gasteiger partial charge in [-0.2, -0.15) is 0 Å². The second-order valence-corrected chi connectivity index (χ2v) is 12.6. The lowest BCUT2D eigenvalue weighted by Crippen LogP contribution is -2.40. The van der Waals surface area contributed by atoms with Gasteiger partial charge in [0, 0.05) is 14.5 Å². The highest BCUT2D eigenvalue weighted by molar-refractivity contribution is 9.10. The number of benzene rings is 3. The van der Waals surface area contributed by atoms with Gasteiger partial charge in [-0.15, -0.1) is 0 Å². The van der Waals surface area contributed by atoms with Crippen molar-refractivity contribution in [1.29, 1.82) is 0 Å². The number of carbonyl (C=O) groups excluding carboxylic acids is 1. The summed E-state index contributed by atoms with van der Waals surface area (Å²) < 4.78 is 21.0. The Kier molecular flexibility index (Phi) is 10.00. The lowest BCUT2D eigenvalue weighted by Gasteiger charge is -2.27. The fourth-order valence-corrected chi connectivity index (χ4v) is 6.56. The summed E-state index contributed by atoms with van der Waals surface area (Å²) in [5.41, 5.74) is 3.30. The average Bonchev–Trinajstić information content (AvgIpc) is 3.31. The van der Waals surface area contributed by atoms with Crippen molar-refractivity contribution in [3.8, 4) is 11.5 Å². The number of hydrogen-bond donors (Lipinski definition) is 0. The van der Waals surface area contributed by atoms with Gasteiger partial charge in [0.2, 0.25) is 0 Å². The van der Waals surface area contributed by atoms with Crippen molar-refractivity contribution in [3.63, 3.8) is 0 Å². The first-order valence-electron chi connectivity index (χ1n) is 13.9. The first kappa shape index (κ1) is 31.0. The number of halogens is 2. The van der Waals surface area contributed by atoms with E-state index in [-0.39, 0.29) is 12.2 Å². The molecule has 0 bridgehead atoms. The Balaban J connectivity index is 1.57. The number of thiazole rings is 1. The van der Waals surface area contributed by atoms with Gasteiger partial charge in [0.05, 0.1) is 29.5 Å². The van der Waals surface area contributed by atoms with Crippen molar-refractivity contribution in [2.45, 2.75) is 39.3 Å². The molecule has 7 nitrogen and oxygen atoms in total. The van der Waals surface area contributed by atoms with Gasteiger partial charge in [0.1, 0.15) is 24.1 Å². The van der Waals surface area contributed by atoms with E-state index in [9.17, 15) is 9.59 Å². The van der Waals surface area contributed by atoms with Gasteiger partial charge in [-0.3, -0.25) is 9.36 Å². The van der Waals surface area contributed by atoms with Crippen LogP contribution in [0.1, 0.15) is 49.4 Å². The number of nitrogens with zero attached hydrogens (tertiary/aromatic N) is 2. The predicted octanol–water partition coefficient (Wildman–Crippen LogP) is 6.69. The van der Waals surface area contributed by atoms with Crippen LogP contribution in [-0.2, 0) is 16.1 Å². The first-order valence-corrected chi connectivity index (χ1v) is 16.3. The third-order valence-corrected chi connectivity index (χ3v) is 8.88. The largest absolute Gasteiger partial charge is 0.496 e. The quantitative estimate of drug-likeness (QED) is 0.170. The molecule has 0 aliphatic carbocycles. The van der Waals surface area contributed by atoms with E-state index in [1.54, 1.807) is 18.6 Å². The molecule has 1 atom stereocenters. The maximum absolute atomic E-state index is 14.1. The molecule has 1 aliphatic rings. The number of hydrogen-bond acceptors (Lipinski definition) is 7. The second kappa shape index (κ2) is 13.9. The molecule has 1 aliphatic heterocycles. The number of fused-ring (bicyclic) bond motifs is 1. The number of aromatic nitrogens is 1. The number of carbonyl (C=O) groups is 1. The first-order chi connectivity index (χ1) is 20.8. The summed E-state index contributed by atoms with van der Waals surface area (Å²) in [6.45, 7) is 4.45. The number of rotatable bonds is 10. The van der Waals surface area contributed by atoms with Gasteiger partial charge < -0.3 is 14.2 Å². The van der Waals surface area contributed by atoms with Crippen LogP contribution in [0.5, 0.6) is 11.5 Å². The van der Waals surface area contributed by atoms with E-state index in [2.05, 4.69) is 31.9 Å². The van der Waals surface area contributed by atoms with Crippen LogP contribution < -0.4 is 24.4 Å². The second-order valence-electron chi connectivity index (χ2n) is 9.78. The van der Waals surface area contributed by atoms with Crippen molar-refractivity contribution < 1.29 is 19.0 Å². The molecular formula is C33H30Br2N2O5S. The smallest absolute Gasteiger partial charge is 0.338 e. The van der Waals surface area contributed by atoms with Gasteiger partial charge in [-0.1, -0.05) is 80.8 Å². The van der Waals surface area contributed by atoms with Crippen LogP contribution in [0.3, 0.4) is 0 Å². The molecule has 0 spiro atoms. The molecule has 0 fully saturated rings. The number of allylic oxidation sites excluding steroid dienone is 1. The third kappa shape index (κ3) is 6.87. The number of esters is 1. The van der Waals surface area contributed by atoms with E-state index in [0.29, 0.717) is 44.9 Å². The van der Waals surface area contributed by atoms with E-state index in [1.165, 1.54) is 11.3 Å². The monoisotopic (exact) mass is 724 g/mol. The van der Waals surface area contributed by atoms with Gasteiger partial charge in [-0.05, 0) is 73.0 Å². The summed E-state index contributed by atoms with van der Waals surface area (Å²) in [4.78, 5) is 32.8. The minimum absolute atomic E-state index is 0.206. The van der Waals surface area contributed by atoms with Gasteiger partial charge in [0.25, 0.3) is 5.56 Å². The zero-order valence-corrected chi connectivity index (χ0v) is 27.9. The van der Waals surface area contributed by atoms with Crippen molar-refractivity contribution in [2.75, 3.05) is 13.7 Å². The summed E-state index contributed by atoms with van der Waals surface area (Å²) in [6, 6.07) is 20.4. The van der Waals surface area contributed by atoms with Crippen LogP contribution in [0.15, 0.2) is 96.7 Å². The average molecular weight is 726 g/mol. The molecule has 3 aromatic carbocycles. The highest BCUT2D eigenvalue weighted by atomic mass is 79.9. The normalized spacial score (nSPS) is 14.7. The van der Waals surface area contributed by atoms with Crippen molar-refractivity contribution in [1.82, 2.24) is 4.57 Å². The van der Waals surface area contributed by atoms with Gasteiger partial charge >= 0.3 is 5.97 Å². The summed E-state index contributed by atoms with van der Waals surface area (Å²) >= 11 is 8.30. The van der Waals surface area contributed by atoms with Crippen LogP contribution in [0.25, 0.3) is 6.08 Å². The molecule has 0 amide bonds. The molecule has 0 unspecified atom stereocenters. The summed E-state index contributed by atoms with van der Waals surface area (Å²) in [6.07, 6.45) is 3.17. The van der Waals surface area contributed by atoms with Crippen LogP contribution >= 0.6 is 43.2 Å². The zero-order valence-electron chi connectivity index (χ0n) is 23.9. The van der Waals surface area contributed by atoms with Gasteiger partial charge in [0.15, 0.2) is 4.80 Å². The zero-order chi connectivity index (χ0) is 30.5. The topological polar surface area (TPSA) is 79.1 Å². The fourth-order valence-electron chi connectivity index (χ4n) is 4.89. The van der Waals surface area contributed by atoms with Crippen LogP contribution in [-0.4, -0.2) is 24.3 Å². The Hall–Kier alpha value is -3.47. The number of methoxy groups -OCH3 is 1. The molecule has 0 radical (unpaired) electrons. The SMILES string of the molecule is CCCC1=C(C(=O)OCC)[C@@H](c2cc(Br)ccc2OC)n2c(s/c(=C/c3ccc(OCc4ccc(Br)cc4)cc3)c2=O)=N1. The molecule has 5 rings (SSSR count). The molecule has 10 heteroatoms. The van der Waals surface area contributed by atoms with Crippen LogP contribution in [0.2, 0.25) is 0 Å². The molecular weight excluding hydrogens is 696 g/mol. The Morgan fingerprint density at radius 2 is 1.74 bits per heavy atom. The fraction of sp³-hybridized carbons (Fsp3) is 0.242. The minimum atomic E-state index is -0.763. The lowest BCUT2D eigenvalue weighted by atomic mass is 9.93. The maximum atomic E-state index is 14.1. The van der Waals surface area contributed by atoms with E-state index in [1.807, 2.05) is 79.7 Å². The minimum Gasteiger partial charge on any atom is -0.496 e. The van der Waals surface area contributed by atoms with Crippen molar-refractivity contribution in [2.24, 2.45) is 4.99 Å². The lowest BCUT2D eigenvalue weighted by molar-refractivity contribution is -0.139. The highest BCUT2D eigenvalue weighted by Gasteiger charge is 2.36. The van der Waals surface area contributed by atoms with Crippen molar-refractivity contribution >= 4 is 55.2 Å². The molecule has 2 heterocycles. The molecule has 1 aromatic heterocycles. The molecule has 222 valence electrons. The number of ether oxygens (including phenoxy) is 3. The van der Waals surface area contributed by atoms with Gasteiger partial charge in [-0.25, -0.2) is 9.79 Å². The van der Waals surface area contributed by atoms with E-state index < -0.39 is 12.0 Å². The molecule has 4 aromatic rings. The highest BCUT2D eigenvalue weighted by Crippen LogP contribution is 2.38. The third-order valence-electron chi connectivity index (χ3n) is 6.88. The summed E-state index contributed by atoms with van der Waals surface area (Å²) in [5.74, 6) is 0.794. The summed E-state index contributed by atoms with van der Waals surface area (Å²) in [7, 11) is 1.57. The Morgan fingerprint density at radius 1 is 1.02 bits per heavy atom. The van der Waals surface area contributed by atoms with Crippen molar-refractivity contribution in [3.05, 3.63) is 123 Å². The summed E-state index contributed by atoms with van der Waals surface area (Å²) in [5, 5.41) is 0. The molecule has 43 heavy (non-hydrogen) atoms. The van der Waals surface area contributed by atoms with Crippen LogP contribution in [0.4, 0.5) is 0 Å². The predicted molar refractivity (Wildman–Crippen MR) is 175 cm³/mol. The standard InChI is InChI=1S/C33H30Br2N2O5S/c1-4-6-26-29(32(39)41-5-2)30(25-18-23(35)13-16-27(25)40-3)37-31(38)28(43-33(37)36-26)17-20-9-14-24(15-10-20)42-19-21-7-11-22(34)12-8-21/h7-18,30H,4-6,19H2,1-3H3/b28-17+/t30-/m1/s1. The molecule has 0 N–H and O–H groups in total. The Morgan fingerprint density at radius 3 is 2.42 bits per heavy atom. The van der Waals surface area contributed by atoms with E-state index in [0.717, 1.165) is 32.2 Å². The van der Waals surface area contributed by atoms with Crippen LogP contribution in [0, 0.1) is 0 Å². The maximum Gasteiger partial charge on any atom is 0.338 e. The van der Waals surface area contributed by atoms with E-state index in [4.69, 9.17) is 19.2 Å². The Labute approximate surface area is 270 Å². The molecule has 0 saturated carbocycles.